The normalized spacial score (nSPS) is 9.21. The van der Waals surface area contributed by atoms with E-state index in [9.17, 15) is 18.0 Å². The molecule has 0 aliphatic rings. The van der Waals surface area contributed by atoms with Crippen molar-refractivity contribution in [1.29, 1.82) is 0 Å². The average Bonchev–Trinajstić information content (AvgIpc) is 1.85. The Morgan fingerprint density at radius 2 is 1.71 bits per heavy atom. The van der Waals surface area contributed by atoms with Crippen molar-refractivity contribution >= 4 is 81.0 Å². The maximum Gasteiger partial charge on any atom is 0.395 e. The van der Waals surface area contributed by atoms with E-state index in [0.29, 0.717) is 6.42 Å². The van der Waals surface area contributed by atoms with E-state index in [1.165, 1.54) is 4.72 Å². The van der Waals surface area contributed by atoms with Crippen LogP contribution in [0, 0.1) is 0 Å². The third-order valence-electron chi connectivity index (χ3n) is 0.915. The van der Waals surface area contributed by atoms with Crippen LogP contribution in [-0.2, 0) is 19.6 Å². The molecule has 0 bridgehead atoms. The molecule has 0 heterocycles. The van der Waals surface area contributed by atoms with Gasteiger partial charge in [-0.25, -0.2) is 17.9 Å². The maximum absolute atomic E-state index is 10.8. The van der Waals surface area contributed by atoms with Gasteiger partial charge < -0.3 is 5.11 Å². The Kier molecular flexibility index (Phi) is 13.3. The van der Waals surface area contributed by atoms with Gasteiger partial charge in [-0.1, -0.05) is 6.92 Å². The zero-order valence-corrected chi connectivity index (χ0v) is 13.2. The number of carbonyl (C=O) groups is 2. The summed E-state index contributed by atoms with van der Waals surface area (Å²) in [6, 6.07) is 0. The van der Waals surface area contributed by atoms with Gasteiger partial charge in [0.25, 0.3) is 0 Å². The fourth-order valence-corrected chi connectivity index (χ4v) is 1.51. The Bertz CT molecular complexity index is 288. The maximum atomic E-state index is 10.8. The molecule has 0 saturated carbocycles. The smallest absolute Gasteiger partial charge is 0.395 e. The van der Waals surface area contributed by atoms with Crippen molar-refractivity contribution < 1.29 is 23.1 Å². The van der Waals surface area contributed by atoms with E-state index >= 15 is 0 Å². The molecular weight excluding hydrogens is 232 g/mol. The summed E-state index contributed by atoms with van der Waals surface area (Å²) in [4.78, 5) is 20.2. The summed E-state index contributed by atoms with van der Waals surface area (Å²) in [7, 11) is -3.76. The van der Waals surface area contributed by atoms with Gasteiger partial charge in [0, 0.05) is 59.1 Å². The van der Waals surface area contributed by atoms with Crippen molar-refractivity contribution in [2.24, 2.45) is 0 Å². The number of sulfonamides is 1. The number of nitrogens with one attached hydrogen (secondary N) is 1. The fourth-order valence-electron chi connectivity index (χ4n) is 0.505. The molecule has 0 aromatic rings. The fraction of sp³-hybridized carbons (Fsp3) is 0.600. The molecule has 0 unspecified atom stereocenters. The van der Waals surface area contributed by atoms with E-state index in [1.54, 1.807) is 6.92 Å². The number of rotatable bonds is 3. The van der Waals surface area contributed by atoms with E-state index in [4.69, 9.17) is 5.11 Å². The van der Waals surface area contributed by atoms with Crippen LogP contribution in [0.4, 0.5) is 0 Å². The van der Waals surface area contributed by atoms with Gasteiger partial charge in [-0.3, -0.25) is 4.79 Å². The summed E-state index contributed by atoms with van der Waals surface area (Å²) >= 11 is 0. The first-order valence-corrected chi connectivity index (χ1v) is 4.82. The van der Waals surface area contributed by atoms with Crippen LogP contribution in [0.3, 0.4) is 0 Å². The summed E-state index contributed by atoms with van der Waals surface area (Å²) in [5.41, 5.74) is 0. The molecule has 0 aromatic heterocycles. The van der Waals surface area contributed by atoms with Crippen LogP contribution in [0.15, 0.2) is 0 Å². The second-order valence-corrected chi connectivity index (χ2v) is 3.90. The first-order chi connectivity index (χ1) is 5.39. The molecule has 1 amide bonds. The van der Waals surface area contributed by atoms with Gasteiger partial charge in [0.15, 0.2) is 0 Å². The zero-order valence-electron chi connectivity index (χ0n) is 8.40. The molecule has 0 fully saturated rings. The minimum absolute atomic E-state index is 0. The van der Waals surface area contributed by atoms with Crippen molar-refractivity contribution in [2.75, 3.05) is 5.75 Å². The van der Waals surface area contributed by atoms with E-state index in [-0.39, 0.29) is 64.9 Å². The van der Waals surface area contributed by atoms with Crippen LogP contribution < -0.4 is 4.72 Å². The molecule has 0 aliphatic carbocycles. The molecule has 0 atom stereocenters. The van der Waals surface area contributed by atoms with Crippen LogP contribution in [0.25, 0.3) is 0 Å². The van der Waals surface area contributed by atoms with Crippen molar-refractivity contribution in [1.82, 2.24) is 4.72 Å². The standard InChI is InChI=1S/C5H9NO5S.2Na/c1-2-3-12(10,11)6-4(7)5(8)9;;/h2-3H2,1H3,(H,6,7)(H,8,9);;. The zero-order chi connectivity index (χ0) is 9.78. The van der Waals surface area contributed by atoms with Gasteiger partial charge in [-0.05, 0) is 6.42 Å². The number of amides is 1. The van der Waals surface area contributed by atoms with Crippen molar-refractivity contribution in [3.05, 3.63) is 0 Å². The van der Waals surface area contributed by atoms with Crippen molar-refractivity contribution in [2.45, 2.75) is 13.3 Å². The Morgan fingerprint density at radius 1 is 1.29 bits per heavy atom. The second kappa shape index (κ2) is 9.14. The largest absolute Gasteiger partial charge is 0.474 e. The number of carbonyl (C=O) groups excluding carboxylic acids is 1. The molecule has 0 rings (SSSR count). The number of carboxylic acid groups (broad SMARTS) is 1. The number of hydrogen-bond acceptors (Lipinski definition) is 4. The SMILES string of the molecule is CCCS(=O)(=O)NC(=O)C(=O)O.[Na].[Na]. The quantitative estimate of drug-likeness (QED) is 0.447. The minimum atomic E-state index is -3.76. The molecule has 9 heteroatoms. The summed E-state index contributed by atoms with van der Waals surface area (Å²) in [5.74, 6) is -3.59. The van der Waals surface area contributed by atoms with Gasteiger partial charge in [-0.15, -0.1) is 0 Å². The molecule has 2 radical (unpaired) electrons. The third-order valence-corrected chi connectivity index (χ3v) is 2.36. The third kappa shape index (κ3) is 9.45. The Labute approximate surface area is 126 Å². The average molecular weight is 241 g/mol. The van der Waals surface area contributed by atoms with E-state index in [1.807, 2.05) is 0 Å². The van der Waals surface area contributed by atoms with Crippen molar-refractivity contribution in [3.63, 3.8) is 0 Å². The first kappa shape index (κ1) is 20.3. The van der Waals surface area contributed by atoms with Crippen LogP contribution in [-0.4, -0.2) is 90.3 Å². The Morgan fingerprint density at radius 3 is 2.00 bits per heavy atom. The van der Waals surface area contributed by atoms with E-state index in [0.717, 1.165) is 0 Å². The molecule has 0 aromatic carbocycles. The molecule has 6 nitrogen and oxygen atoms in total. The Balaban J connectivity index is -0.000000605. The van der Waals surface area contributed by atoms with Crippen LogP contribution in [0.5, 0.6) is 0 Å². The van der Waals surface area contributed by atoms with Crippen LogP contribution in [0.2, 0.25) is 0 Å². The molecule has 0 spiro atoms. The monoisotopic (exact) mass is 241 g/mol. The predicted octanol–water partition coefficient (Wildman–Crippen LogP) is -1.83. The Hall–Kier alpha value is 0.890. The van der Waals surface area contributed by atoms with E-state index in [2.05, 4.69) is 0 Å². The molecule has 0 aliphatic heterocycles. The summed E-state index contributed by atoms with van der Waals surface area (Å²) in [6.45, 7) is 1.60. The number of carboxylic acids is 1. The predicted molar refractivity (Wildman–Crippen MR) is 51.4 cm³/mol. The first-order valence-electron chi connectivity index (χ1n) is 3.17. The molecular formula is C5H9NNa2O5S. The van der Waals surface area contributed by atoms with Gasteiger partial charge in [0.1, 0.15) is 0 Å². The van der Waals surface area contributed by atoms with Crippen LogP contribution >= 0.6 is 0 Å². The minimum Gasteiger partial charge on any atom is -0.474 e. The number of aliphatic carboxylic acids is 1. The van der Waals surface area contributed by atoms with Gasteiger partial charge >= 0.3 is 11.9 Å². The summed E-state index contributed by atoms with van der Waals surface area (Å²) in [5, 5.41) is 8.04. The molecule has 0 saturated heterocycles. The topological polar surface area (TPSA) is 101 Å². The van der Waals surface area contributed by atoms with Gasteiger partial charge in [0.05, 0.1) is 5.75 Å². The second-order valence-electron chi connectivity index (χ2n) is 2.06. The summed E-state index contributed by atoms with van der Waals surface area (Å²) in [6.07, 6.45) is 0.322. The molecule has 72 valence electrons. The summed E-state index contributed by atoms with van der Waals surface area (Å²) < 4.78 is 22.9. The van der Waals surface area contributed by atoms with Crippen molar-refractivity contribution in [3.8, 4) is 0 Å². The molecule has 2 N–H and O–H groups in total. The van der Waals surface area contributed by atoms with Crippen LogP contribution in [0.1, 0.15) is 13.3 Å². The van der Waals surface area contributed by atoms with E-state index < -0.39 is 21.9 Å². The number of hydrogen-bond donors (Lipinski definition) is 2. The van der Waals surface area contributed by atoms with Gasteiger partial charge in [0.2, 0.25) is 10.0 Å². The van der Waals surface area contributed by atoms with Gasteiger partial charge in [-0.2, -0.15) is 0 Å². The molecule has 14 heavy (non-hydrogen) atoms.